The molecular formula is C8H16ClN3O3. The maximum absolute atomic E-state index is 11.4. The average Bonchev–Trinajstić information content (AvgIpc) is 2.26. The Labute approximate surface area is 94.5 Å². The first-order chi connectivity index (χ1) is 6.74. The van der Waals surface area contributed by atoms with Crippen molar-refractivity contribution >= 4 is 24.2 Å². The number of halogens is 1. The Balaban J connectivity index is 0.00000196. The van der Waals surface area contributed by atoms with Crippen LogP contribution in [-0.4, -0.2) is 56.1 Å². The number of hydrogen-bond donors (Lipinski definition) is 2. The summed E-state index contributed by atoms with van der Waals surface area (Å²) in [5.74, 6) is -0.401. The largest absolute Gasteiger partial charge is 0.378 e. The summed E-state index contributed by atoms with van der Waals surface area (Å²) in [7, 11) is 0. The van der Waals surface area contributed by atoms with Crippen LogP contribution in [0.3, 0.4) is 0 Å². The zero-order valence-corrected chi connectivity index (χ0v) is 9.22. The average molecular weight is 238 g/mol. The first kappa shape index (κ1) is 14.2. The van der Waals surface area contributed by atoms with Crippen LogP contribution >= 0.6 is 12.4 Å². The smallest absolute Gasteiger partial charge is 0.242 e. The van der Waals surface area contributed by atoms with Gasteiger partial charge in [-0.1, -0.05) is 0 Å². The molecule has 0 aliphatic carbocycles. The molecule has 1 heterocycles. The van der Waals surface area contributed by atoms with Crippen LogP contribution < -0.4 is 11.1 Å². The van der Waals surface area contributed by atoms with Crippen molar-refractivity contribution in [3.8, 4) is 0 Å². The molecule has 0 aromatic carbocycles. The minimum absolute atomic E-state index is 0. The number of morpholine rings is 1. The van der Waals surface area contributed by atoms with Crippen molar-refractivity contribution in [2.75, 3.05) is 39.4 Å². The Bertz CT molecular complexity index is 219. The zero-order chi connectivity index (χ0) is 10.4. The fourth-order valence-corrected chi connectivity index (χ4v) is 1.17. The summed E-state index contributed by atoms with van der Waals surface area (Å²) in [6.07, 6.45) is 0. The quantitative estimate of drug-likeness (QED) is 0.616. The van der Waals surface area contributed by atoms with Crippen LogP contribution in [0.1, 0.15) is 0 Å². The lowest BCUT2D eigenvalue weighted by molar-refractivity contribution is -0.136. The number of nitrogens with one attached hydrogen (secondary N) is 1. The van der Waals surface area contributed by atoms with Gasteiger partial charge in [-0.2, -0.15) is 0 Å². The minimum Gasteiger partial charge on any atom is -0.378 e. The Hall–Kier alpha value is -0.850. The molecule has 0 bridgehead atoms. The van der Waals surface area contributed by atoms with Crippen molar-refractivity contribution in [2.45, 2.75) is 0 Å². The molecule has 3 N–H and O–H groups in total. The van der Waals surface area contributed by atoms with Crippen LogP contribution in [0.4, 0.5) is 0 Å². The predicted molar refractivity (Wildman–Crippen MR) is 56.7 cm³/mol. The van der Waals surface area contributed by atoms with Crippen LogP contribution in [0.15, 0.2) is 0 Å². The van der Waals surface area contributed by atoms with Gasteiger partial charge in [0.05, 0.1) is 26.3 Å². The number of hydrogen-bond acceptors (Lipinski definition) is 4. The molecule has 0 unspecified atom stereocenters. The van der Waals surface area contributed by atoms with Gasteiger partial charge in [0, 0.05) is 13.1 Å². The van der Waals surface area contributed by atoms with Gasteiger partial charge in [-0.25, -0.2) is 0 Å². The predicted octanol–water partition coefficient (Wildman–Crippen LogP) is -1.66. The fraction of sp³-hybridized carbons (Fsp3) is 0.750. The van der Waals surface area contributed by atoms with Crippen molar-refractivity contribution in [3.63, 3.8) is 0 Å². The minimum atomic E-state index is -0.313. The molecule has 0 aromatic rings. The number of nitrogens with two attached hydrogens (primary N) is 1. The van der Waals surface area contributed by atoms with E-state index in [1.165, 1.54) is 0 Å². The second kappa shape index (κ2) is 7.44. The number of carbonyl (C=O) groups is 2. The molecule has 6 nitrogen and oxygen atoms in total. The molecule has 0 saturated carbocycles. The van der Waals surface area contributed by atoms with E-state index in [1.807, 2.05) is 0 Å². The van der Waals surface area contributed by atoms with Gasteiger partial charge in [0.25, 0.3) is 0 Å². The van der Waals surface area contributed by atoms with E-state index in [0.29, 0.717) is 26.3 Å². The van der Waals surface area contributed by atoms with Crippen molar-refractivity contribution in [3.05, 3.63) is 0 Å². The number of amides is 2. The number of nitrogens with zero attached hydrogens (tertiary/aromatic N) is 1. The van der Waals surface area contributed by atoms with Gasteiger partial charge in [-0.05, 0) is 0 Å². The van der Waals surface area contributed by atoms with Crippen LogP contribution in [0, 0.1) is 0 Å². The highest BCUT2D eigenvalue weighted by atomic mass is 35.5. The molecule has 7 heteroatoms. The number of rotatable bonds is 3. The van der Waals surface area contributed by atoms with E-state index in [4.69, 9.17) is 10.5 Å². The molecule has 0 aromatic heterocycles. The third-order valence-electron chi connectivity index (χ3n) is 1.99. The van der Waals surface area contributed by atoms with Gasteiger partial charge in [-0.15, -0.1) is 12.4 Å². The molecule has 2 amide bonds. The summed E-state index contributed by atoms with van der Waals surface area (Å²) >= 11 is 0. The summed E-state index contributed by atoms with van der Waals surface area (Å²) in [5, 5.41) is 2.43. The molecule has 15 heavy (non-hydrogen) atoms. The third kappa shape index (κ3) is 4.96. The van der Waals surface area contributed by atoms with Crippen molar-refractivity contribution in [2.24, 2.45) is 5.73 Å². The van der Waals surface area contributed by atoms with Crippen molar-refractivity contribution in [1.29, 1.82) is 0 Å². The van der Waals surface area contributed by atoms with Crippen LogP contribution in [0.5, 0.6) is 0 Å². The maximum Gasteiger partial charge on any atom is 0.242 e. The second-order valence-electron chi connectivity index (χ2n) is 2.97. The SMILES string of the molecule is Cl.NCC(=O)NCC(=O)N1CCOCC1. The summed E-state index contributed by atoms with van der Waals surface area (Å²) < 4.78 is 5.10. The normalized spacial score (nSPS) is 15.4. The number of carbonyl (C=O) groups excluding carboxylic acids is 2. The fourth-order valence-electron chi connectivity index (χ4n) is 1.17. The molecule has 1 aliphatic heterocycles. The Morgan fingerprint density at radius 2 is 1.93 bits per heavy atom. The molecule has 1 aliphatic rings. The lowest BCUT2D eigenvalue weighted by atomic mass is 10.4. The lowest BCUT2D eigenvalue weighted by Gasteiger charge is -2.26. The molecule has 1 fully saturated rings. The Morgan fingerprint density at radius 1 is 1.33 bits per heavy atom. The molecule has 0 radical (unpaired) electrons. The molecule has 0 spiro atoms. The van der Waals surface area contributed by atoms with Crippen LogP contribution in [0.2, 0.25) is 0 Å². The van der Waals surface area contributed by atoms with E-state index >= 15 is 0 Å². The number of ether oxygens (including phenoxy) is 1. The molecule has 1 rings (SSSR count). The van der Waals surface area contributed by atoms with Gasteiger partial charge >= 0.3 is 0 Å². The van der Waals surface area contributed by atoms with Crippen molar-refractivity contribution < 1.29 is 14.3 Å². The van der Waals surface area contributed by atoms with Gasteiger partial charge in [0.2, 0.25) is 11.8 Å². The van der Waals surface area contributed by atoms with Crippen LogP contribution in [-0.2, 0) is 14.3 Å². The van der Waals surface area contributed by atoms with Gasteiger partial charge in [-0.3, -0.25) is 9.59 Å². The van der Waals surface area contributed by atoms with E-state index in [9.17, 15) is 9.59 Å². The summed E-state index contributed by atoms with van der Waals surface area (Å²) in [6, 6.07) is 0. The summed E-state index contributed by atoms with van der Waals surface area (Å²) in [4.78, 5) is 23.9. The van der Waals surface area contributed by atoms with E-state index in [2.05, 4.69) is 5.32 Å². The monoisotopic (exact) mass is 237 g/mol. The first-order valence-electron chi connectivity index (χ1n) is 4.56. The summed E-state index contributed by atoms with van der Waals surface area (Å²) in [5.41, 5.74) is 5.08. The maximum atomic E-state index is 11.4. The van der Waals surface area contributed by atoms with Gasteiger partial charge in [0.15, 0.2) is 0 Å². The van der Waals surface area contributed by atoms with Gasteiger partial charge in [0.1, 0.15) is 0 Å². The van der Waals surface area contributed by atoms with E-state index in [1.54, 1.807) is 4.90 Å². The van der Waals surface area contributed by atoms with Crippen molar-refractivity contribution in [1.82, 2.24) is 10.2 Å². The molecule has 1 saturated heterocycles. The van der Waals surface area contributed by atoms with E-state index in [-0.39, 0.29) is 37.3 Å². The first-order valence-corrected chi connectivity index (χ1v) is 4.56. The Kier molecular flexibility index (Phi) is 7.02. The second-order valence-corrected chi connectivity index (χ2v) is 2.97. The third-order valence-corrected chi connectivity index (χ3v) is 1.99. The zero-order valence-electron chi connectivity index (χ0n) is 8.40. The standard InChI is InChI=1S/C8H15N3O3.ClH/c9-5-7(12)10-6-8(13)11-1-3-14-4-2-11;/h1-6,9H2,(H,10,12);1H. The molecule has 0 atom stereocenters. The summed E-state index contributed by atoms with van der Waals surface area (Å²) in [6.45, 7) is 2.26. The highest BCUT2D eigenvalue weighted by Crippen LogP contribution is 1.96. The van der Waals surface area contributed by atoms with E-state index in [0.717, 1.165) is 0 Å². The lowest BCUT2D eigenvalue weighted by Crippen LogP contribution is -2.46. The van der Waals surface area contributed by atoms with E-state index < -0.39 is 0 Å². The highest BCUT2D eigenvalue weighted by molar-refractivity contribution is 5.85. The van der Waals surface area contributed by atoms with Crippen LogP contribution in [0.25, 0.3) is 0 Å². The topological polar surface area (TPSA) is 84.7 Å². The molecular weight excluding hydrogens is 222 g/mol. The molecule has 88 valence electrons. The van der Waals surface area contributed by atoms with Gasteiger partial charge < -0.3 is 20.7 Å². The Morgan fingerprint density at radius 3 is 2.47 bits per heavy atom. The highest BCUT2D eigenvalue weighted by Gasteiger charge is 2.16.